The average Bonchev–Trinajstić information content (AvgIpc) is 2.56. The second-order valence-electron chi connectivity index (χ2n) is 4.55. The van der Waals surface area contributed by atoms with Crippen LogP contribution in [0, 0.1) is 0 Å². The molecule has 9 nitrogen and oxygen atoms in total. The Morgan fingerprint density at radius 3 is 2.12 bits per heavy atom. The number of rotatable bonds is 9. The highest BCUT2D eigenvalue weighted by Crippen LogP contribution is 2.38. The van der Waals surface area contributed by atoms with Gasteiger partial charge in [0.25, 0.3) is 0 Å². The molecule has 2 aromatic rings. The van der Waals surface area contributed by atoms with E-state index in [9.17, 15) is 4.57 Å². The Labute approximate surface area is 144 Å². The molecule has 1 atom stereocenters. The van der Waals surface area contributed by atoms with Crippen LogP contribution in [-0.4, -0.2) is 30.5 Å². The van der Waals surface area contributed by atoms with Crippen molar-refractivity contribution in [1.29, 1.82) is 0 Å². The zero-order valence-corrected chi connectivity index (χ0v) is 14.4. The lowest BCUT2D eigenvalue weighted by Crippen LogP contribution is -2.26. The van der Waals surface area contributed by atoms with Crippen LogP contribution in [0.1, 0.15) is 0 Å². The van der Waals surface area contributed by atoms with Gasteiger partial charge in [-0.05, 0) is 24.3 Å². The Balaban J connectivity index is 2.18. The van der Waals surface area contributed by atoms with E-state index >= 15 is 0 Å². The fourth-order valence-corrected chi connectivity index (χ4v) is 2.17. The Hall–Kier alpha value is -2.13. The van der Waals surface area contributed by atoms with Gasteiger partial charge in [-0.1, -0.05) is 24.3 Å². The van der Waals surface area contributed by atoms with Gasteiger partial charge in [-0.3, -0.25) is 9.68 Å². The number of para-hydroxylation sites is 1. The lowest BCUT2D eigenvalue weighted by Gasteiger charge is -2.22. The second-order valence-corrected chi connectivity index (χ2v) is 5.75. The van der Waals surface area contributed by atoms with E-state index < -0.39 is 14.3 Å². The lowest BCUT2D eigenvalue weighted by atomic mass is 10.3. The fraction of sp³-hybridized carbons (Fsp3) is 0.200. The third-order valence-electron chi connectivity index (χ3n) is 2.79. The molecule has 0 aliphatic heterocycles. The van der Waals surface area contributed by atoms with Crippen molar-refractivity contribution in [1.82, 2.24) is 0 Å². The number of nitrogens with zero attached hydrogens (tertiary/aromatic N) is 1. The van der Waals surface area contributed by atoms with Gasteiger partial charge >= 0.3 is 14.3 Å². The van der Waals surface area contributed by atoms with E-state index in [-0.39, 0.29) is 5.75 Å². The van der Waals surface area contributed by atoms with E-state index in [4.69, 9.17) is 28.9 Å². The lowest BCUT2D eigenvalue weighted by molar-refractivity contribution is -0.150. The number of phosphoric ester groups is 1. The molecule has 0 aromatic heterocycles. The number of anilines is 1. The summed E-state index contributed by atoms with van der Waals surface area (Å²) >= 11 is 0. The molecule has 25 heavy (non-hydrogen) atoms. The predicted octanol–water partition coefficient (Wildman–Crippen LogP) is 2.47. The minimum Gasteiger partial charge on any atom is -0.432 e. The van der Waals surface area contributed by atoms with E-state index in [2.05, 4.69) is 4.52 Å². The Morgan fingerprint density at radius 2 is 1.52 bits per heavy atom. The highest BCUT2D eigenvalue weighted by molar-refractivity contribution is 7.46. The summed E-state index contributed by atoms with van der Waals surface area (Å²) in [6.45, 7) is -1.67. The molecule has 0 radical (unpaired) electrons. The summed E-state index contributed by atoms with van der Waals surface area (Å²) in [6, 6.07) is 14.7. The molecule has 0 saturated heterocycles. The first-order chi connectivity index (χ1) is 11.9. The fourth-order valence-electron chi connectivity index (χ4n) is 1.86. The minimum atomic E-state index is -4.85. The zero-order chi connectivity index (χ0) is 18.3. The van der Waals surface area contributed by atoms with Crippen LogP contribution >= 0.6 is 7.82 Å². The van der Waals surface area contributed by atoms with E-state index in [0.29, 0.717) is 11.4 Å². The van der Waals surface area contributed by atoms with Gasteiger partial charge in [0, 0.05) is 6.07 Å². The van der Waals surface area contributed by atoms with Gasteiger partial charge < -0.3 is 19.3 Å². The summed E-state index contributed by atoms with van der Waals surface area (Å²) in [5.41, 5.74) is 0.483. The Kier molecular flexibility index (Phi) is 6.77. The first kappa shape index (κ1) is 19.2. The zero-order valence-electron chi connectivity index (χ0n) is 13.5. The van der Waals surface area contributed by atoms with Crippen molar-refractivity contribution in [3.8, 4) is 11.5 Å². The number of phosphoric acid groups is 1. The largest absolute Gasteiger partial charge is 0.475 e. The highest BCUT2D eigenvalue weighted by atomic mass is 31.2. The Morgan fingerprint density at radius 1 is 0.920 bits per heavy atom. The molecule has 2 aromatic carbocycles. The van der Waals surface area contributed by atoms with Crippen LogP contribution in [0.4, 0.5) is 5.69 Å². The van der Waals surface area contributed by atoms with Crippen LogP contribution in [0.2, 0.25) is 0 Å². The van der Waals surface area contributed by atoms with Gasteiger partial charge in [-0.2, -0.15) is 0 Å². The van der Waals surface area contributed by atoms with Crippen LogP contribution < -0.4 is 14.7 Å². The van der Waals surface area contributed by atoms with Gasteiger partial charge in [-0.15, -0.1) is 5.23 Å². The maximum Gasteiger partial charge on any atom is 0.475 e. The van der Waals surface area contributed by atoms with Crippen LogP contribution in [0.5, 0.6) is 11.5 Å². The topological polar surface area (TPSA) is 107 Å². The van der Waals surface area contributed by atoms with Crippen LogP contribution in [0.25, 0.3) is 0 Å². The summed E-state index contributed by atoms with van der Waals surface area (Å²) in [5, 5.41) is 1.11. The van der Waals surface area contributed by atoms with Gasteiger partial charge in [-0.25, -0.2) is 9.09 Å². The van der Waals surface area contributed by atoms with Crippen molar-refractivity contribution in [3.63, 3.8) is 0 Å². The third-order valence-corrected chi connectivity index (χ3v) is 3.24. The highest BCUT2D eigenvalue weighted by Gasteiger charge is 2.26. The molecule has 136 valence electrons. The molecule has 0 fully saturated rings. The maximum absolute atomic E-state index is 11.2. The molecule has 0 aliphatic rings. The molecular weight excluding hydrogens is 353 g/mol. The molecule has 0 saturated carbocycles. The molecule has 0 spiro atoms. The number of benzene rings is 2. The van der Waals surface area contributed by atoms with E-state index in [0.717, 1.165) is 5.23 Å². The molecule has 2 rings (SSSR count). The SMILES string of the molecule is CON(OC)c1cccc(OC(Oc2ccccc2)OP(=O)(O)O)c1. The van der Waals surface area contributed by atoms with Gasteiger partial charge in [0.2, 0.25) is 0 Å². The van der Waals surface area contributed by atoms with Crippen molar-refractivity contribution in [2.75, 3.05) is 19.4 Å². The molecule has 10 heteroatoms. The second kappa shape index (κ2) is 8.82. The number of ether oxygens (including phenoxy) is 2. The maximum atomic E-state index is 11.2. The van der Waals surface area contributed by atoms with Crippen LogP contribution in [0.15, 0.2) is 54.6 Å². The van der Waals surface area contributed by atoms with Crippen LogP contribution in [0.3, 0.4) is 0 Å². The molecule has 0 bridgehead atoms. The summed E-state index contributed by atoms with van der Waals surface area (Å²) in [5.74, 6) is 0.526. The number of hydrogen-bond acceptors (Lipinski definition) is 7. The normalized spacial score (nSPS) is 12.5. The van der Waals surface area contributed by atoms with Gasteiger partial charge in [0.1, 0.15) is 11.5 Å². The Bertz CT molecular complexity index is 704. The quantitative estimate of drug-likeness (QED) is 0.390. The van der Waals surface area contributed by atoms with E-state index in [1.54, 1.807) is 48.5 Å². The van der Waals surface area contributed by atoms with Gasteiger partial charge in [0.05, 0.1) is 19.9 Å². The molecule has 0 aliphatic carbocycles. The van der Waals surface area contributed by atoms with Crippen molar-refractivity contribution >= 4 is 13.5 Å². The van der Waals surface area contributed by atoms with Crippen LogP contribution in [-0.2, 0) is 18.8 Å². The molecular formula is C15H18NO8P. The van der Waals surface area contributed by atoms with E-state index in [1.807, 2.05) is 0 Å². The average molecular weight is 371 g/mol. The molecule has 2 N–H and O–H groups in total. The summed E-state index contributed by atoms with van der Waals surface area (Å²) in [6.07, 6.45) is 0. The molecule has 1 unspecified atom stereocenters. The first-order valence-corrected chi connectivity index (χ1v) is 8.55. The number of hydrogen-bond donors (Lipinski definition) is 2. The van der Waals surface area contributed by atoms with Gasteiger partial charge in [0.15, 0.2) is 0 Å². The van der Waals surface area contributed by atoms with Crippen molar-refractivity contribution < 1.29 is 38.0 Å². The summed E-state index contributed by atoms with van der Waals surface area (Å²) in [7, 11) is -2.02. The molecule has 0 amide bonds. The minimum absolute atomic E-state index is 0.214. The van der Waals surface area contributed by atoms with Crippen molar-refractivity contribution in [2.24, 2.45) is 0 Å². The third kappa shape index (κ3) is 6.35. The monoisotopic (exact) mass is 371 g/mol. The standard InChI is InChI=1S/C15H18NO8P/c1-20-16(21-2)12-7-6-10-14(11-12)23-15(24-25(17,18)19)22-13-8-4-3-5-9-13/h3-11,15H,1-2H3,(H2,17,18,19). The molecule has 0 heterocycles. The summed E-state index contributed by atoms with van der Waals surface area (Å²) < 4.78 is 26.4. The smallest absolute Gasteiger partial charge is 0.432 e. The van der Waals surface area contributed by atoms with Crippen molar-refractivity contribution in [3.05, 3.63) is 54.6 Å². The predicted molar refractivity (Wildman–Crippen MR) is 87.6 cm³/mol. The first-order valence-electron chi connectivity index (χ1n) is 7.02. The summed E-state index contributed by atoms with van der Waals surface area (Å²) in [4.78, 5) is 28.1. The van der Waals surface area contributed by atoms with E-state index in [1.165, 1.54) is 20.3 Å². The van der Waals surface area contributed by atoms with Crippen molar-refractivity contribution in [2.45, 2.75) is 6.48 Å².